The van der Waals surface area contributed by atoms with Crippen LogP contribution in [0.15, 0.2) is 54.6 Å². The highest BCUT2D eigenvalue weighted by Gasteiger charge is 2.18. The molecule has 0 N–H and O–H groups in total. The molecule has 24 heavy (non-hydrogen) atoms. The van der Waals surface area contributed by atoms with Crippen LogP contribution >= 0.6 is 0 Å². The van der Waals surface area contributed by atoms with E-state index in [2.05, 4.69) is 0 Å². The second kappa shape index (κ2) is 8.72. The van der Waals surface area contributed by atoms with Crippen molar-refractivity contribution in [3.8, 4) is 5.75 Å². The van der Waals surface area contributed by atoms with Crippen LogP contribution in [0.5, 0.6) is 5.75 Å². The summed E-state index contributed by atoms with van der Waals surface area (Å²) < 4.78 is 10.3. The molecule has 1 atom stereocenters. The quantitative estimate of drug-likeness (QED) is 0.731. The summed E-state index contributed by atoms with van der Waals surface area (Å²) in [6, 6.07) is 17.1. The van der Waals surface area contributed by atoms with Crippen molar-refractivity contribution in [2.24, 2.45) is 0 Å². The first kappa shape index (κ1) is 17.5. The molecule has 2 aromatic rings. The van der Waals surface area contributed by atoms with Gasteiger partial charge in [0.15, 0.2) is 12.4 Å². The third-order valence-corrected chi connectivity index (χ3v) is 3.49. The number of hydrogen-bond acceptors (Lipinski definition) is 4. The minimum atomic E-state index is -0.772. The van der Waals surface area contributed by atoms with Gasteiger partial charge in [-0.15, -0.1) is 0 Å². The second-order valence-electron chi connectivity index (χ2n) is 5.41. The third-order valence-electron chi connectivity index (χ3n) is 3.49. The molecule has 0 fully saturated rings. The van der Waals surface area contributed by atoms with Gasteiger partial charge in [-0.1, -0.05) is 42.5 Å². The first-order chi connectivity index (χ1) is 11.6. The van der Waals surface area contributed by atoms with E-state index in [9.17, 15) is 9.59 Å². The fourth-order valence-electron chi connectivity index (χ4n) is 2.20. The van der Waals surface area contributed by atoms with Crippen molar-refractivity contribution >= 4 is 12.4 Å². The topological polar surface area (TPSA) is 55.8 Å². The molecular weight excluding hydrogens is 306 g/mol. The molecule has 0 saturated heterocycles. The molecule has 1 amide bonds. The summed E-state index contributed by atoms with van der Waals surface area (Å²) in [4.78, 5) is 24.7. The molecule has 5 heteroatoms. The fourth-order valence-corrected chi connectivity index (χ4v) is 2.20. The van der Waals surface area contributed by atoms with Crippen molar-refractivity contribution in [1.29, 1.82) is 0 Å². The predicted octanol–water partition coefficient (Wildman–Crippen LogP) is 3.42. The summed E-state index contributed by atoms with van der Waals surface area (Å²) >= 11 is 0. The van der Waals surface area contributed by atoms with E-state index in [1.807, 2.05) is 54.6 Å². The zero-order chi connectivity index (χ0) is 17.4. The molecule has 2 rings (SSSR count). The summed E-state index contributed by atoms with van der Waals surface area (Å²) in [6.45, 7) is 2.32. The molecule has 0 radical (unpaired) electrons. The molecule has 0 aliphatic rings. The maximum absolute atomic E-state index is 12.4. The number of nitrogens with zero attached hydrogens (tertiary/aromatic N) is 1. The minimum Gasteiger partial charge on any atom is -0.497 e. The van der Waals surface area contributed by atoms with E-state index >= 15 is 0 Å². The minimum absolute atomic E-state index is 0.378. The zero-order valence-electron chi connectivity index (χ0n) is 13.8. The van der Waals surface area contributed by atoms with Crippen molar-refractivity contribution in [1.82, 2.24) is 4.90 Å². The molecule has 0 spiro atoms. The Bertz CT molecular complexity index is 655. The van der Waals surface area contributed by atoms with Crippen LogP contribution in [0.2, 0.25) is 0 Å². The zero-order valence-corrected chi connectivity index (χ0v) is 13.8. The Morgan fingerprint density at radius 2 is 1.62 bits per heavy atom. The molecule has 5 nitrogen and oxygen atoms in total. The number of rotatable bonds is 7. The van der Waals surface area contributed by atoms with Gasteiger partial charge in [0.1, 0.15) is 5.75 Å². The first-order valence-corrected chi connectivity index (χ1v) is 7.70. The Morgan fingerprint density at radius 1 is 1.04 bits per heavy atom. The first-order valence-electron chi connectivity index (χ1n) is 7.70. The summed E-state index contributed by atoms with van der Waals surface area (Å²) in [7, 11) is 1.61. The highest BCUT2D eigenvalue weighted by atomic mass is 16.6. The maximum atomic E-state index is 12.4. The van der Waals surface area contributed by atoms with Gasteiger partial charge in [-0.25, -0.2) is 4.79 Å². The van der Waals surface area contributed by atoms with Gasteiger partial charge < -0.3 is 9.47 Å². The smallest absolute Gasteiger partial charge is 0.411 e. The van der Waals surface area contributed by atoms with E-state index in [0.29, 0.717) is 19.4 Å². The van der Waals surface area contributed by atoms with Crippen LogP contribution in [0.1, 0.15) is 18.1 Å². The lowest BCUT2D eigenvalue weighted by Crippen LogP contribution is -2.33. The number of aldehydes is 1. The van der Waals surface area contributed by atoms with Crippen molar-refractivity contribution in [2.75, 3.05) is 7.11 Å². The lowest BCUT2D eigenvalue weighted by Gasteiger charge is -2.23. The van der Waals surface area contributed by atoms with Crippen LogP contribution in [0.4, 0.5) is 4.79 Å². The number of amides is 1. The predicted molar refractivity (Wildman–Crippen MR) is 90.7 cm³/mol. The number of carbonyl (C=O) groups excluding carboxylic acids is 2. The van der Waals surface area contributed by atoms with Gasteiger partial charge in [0.2, 0.25) is 0 Å². The number of hydrogen-bond donors (Lipinski definition) is 0. The third kappa shape index (κ3) is 5.12. The van der Waals surface area contributed by atoms with Crippen molar-refractivity contribution in [3.05, 3.63) is 65.7 Å². The molecule has 0 saturated carbocycles. The van der Waals surface area contributed by atoms with Crippen molar-refractivity contribution in [3.63, 3.8) is 0 Å². The fraction of sp³-hybridized carbons (Fsp3) is 0.263. The van der Waals surface area contributed by atoms with Gasteiger partial charge in [0.05, 0.1) is 7.11 Å². The molecule has 0 heterocycles. The van der Waals surface area contributed by atoms with E-state index in [-0.39, 0.29) is 0 Å². The SMILES string of the molecule is COc1ccc(CN(Cc2ccccc2)C(=O)OC(C)C=O)cc1. The van der Waals surface area contributed by atoms with Gasteiger partial charge in [-0.3, -0.25) is 9.69 Å². The highest BCUT2D eigenvalue weighted by Crippen LogP contribution is 2.16. The van der Waals surface area contributed by atoms with Gasteiger partial charge >= 0.3 is 6.09 Å². The Kier molecular flexibility index (Phi) is 6.37. The van der Waals surface area contributed by atoms with E-state index < -0.39 is 12.2 Å². The highest BCUT2D eigenvalue weighted by molar-refractivity contribution is 5.71. The average Bonchev–Trinajstić information content (AvgIpc) is 2.62. The maximum Gasteiger partial charge on any atom is 0.411 e. The largest absolute Gasteiger partial charge is 0.497 e. The molecule has 126 valence electrons. The monoisotopic (exact) mass is 327 g/mol. The Morgan fingerprint density at radius 3 is 2.17 bits per heavy atom. The molecule has 2 aromatic carbocycles. The van der Waals surface area contributed by atoms with E-state index in [4.69, 9.17) is 9.47 Å². The van der Waals surface area contributed by atoms with Crippen LogP contribution in [0.25, 0.3) is 0 Å². The lowest BCUT2D eigenvalue weighted by molar-refractivity contribution is -0.114. The molecule has 0 aromatic heterocycles. The summed E-state index contributed by atoms with van der Waals surface area (Å²) in [5.41, 5.74) is 1.93. The molecule has 1 unspecified atom stereocenters. The van der Waals surface area contributed by atoms with Crippen LogP contribution in [0.3, 0.4) is 0 Å². The van der Waals surface area contributed by atoms with Crippen LogP contribution in [-0.2, 0) is 22.6 Å². The van der Waals surface area contributed by atoms with Gasteiger partial charge in [-0.2, -0.15) is 0 Å². The molecule has 0 bridgehead atoms. The second-order valence-corrected chi connectivity index (χ2v) is 5.41. The van der Waals surface area contributed by atoms with Gasteiger partial charge in [0, 0.05) is 13.1 Å². The van der Waals surface area contributed by atoms with Crippen LogP contribution < -0.4 is 4.74 Å². The summed E-state index contributed by atoms with van der Waals surface area (Å²) in [6.07, 6.45) is -0.688. The Hall–Kier alpha value is -2.82. The van der Waals surface area contributed by atoms with E-state index in [1.54, 1.807) is 18.9 Å². The van der Waals surface area contributed by atoms with Gasteiger partial charge in [0.25, 0.3) is 0 Å². The normalized spacial score (nSPS) is 11.4. The van der Waals surface area contributed by atoms with Crippen molar-refractivity contribution in [2.45, 2.75) is 26.1 Å². The molecule has 0 aliphatic heterocycles. The Balaban J connectivity index is 2.14. The van der Waals surface area contributed by atoms with Crippen molar-refractivity contribution < 1.29 is 19.1 Å². The standard InChI is InChI=1S/C19H21NO4/c1-15(14-21)24-19(22)20(12-16-6-4-3-5-7-16)13-17-8-10-18(23-2)11-9-17/h3-11,14-15H,12-13H2,1-2H3. The van der Waals surface area contributed by atoms with Crippen LogP contribution in [0, 0.1) is 0 Å². The van der Waals surface area contributed by atoms with E-state index in [0.717, 1.165) is 16.9 Å². The average molecular weight is 327 g/mol. The lowest BCUT2D eigenvalue weighted by atomic mass is 10.1. The number of benzene rings is 2. The number of ether oxygens (including phenoxy) is 2. The van der Waals surface area contributed by atoms with E-state index in [1.165, 1.54) is 0 Å². The molecule has 0 aliphatic carbocycles. The number of methoxy groups -OCH3 is 1. The van der Waals surface area contributed by atoms with Gasteiger partial charge in [-0.05, 0) is 30.2 Å². The number of carbonyl (C=O) groups is 2. The van der Waals surface area contributed by atoms with Crippen LogP contribution in [-0.4, -0.2) is 30.5 Å². The Labute approximate surface area is 141 Å². The molecular formula is C19H21NO4. The summed E-state index contributed by atoms with van der Waals surface area (Å²) in [5.74, 6) is 0.755. The summed E-state index contributed by atoms with van der Waals surface area (Å²) in [5, 5.41) is 0.